The minimum Gasteiger partial charge on any atom is -0.349 e. The Kier molecular flexibility index (Phi) is 7.03. The largest absolute Gasteiger partial charge is 0.349 e. The molecule has 1 N–H and O–H groups in total. The molecule has 1 unspecified atom stereocenters. The molecular weight excluding hydrogens is 458 g/mol. The molecule has 2 aromatic heterocycles. The van der Waals surface area contributed by atoms with Crippen LogP contribution in [0.15, 0.2) is 60.0 Å². The van der Waals surface area contributed by atoms with Gasteiger partial charge in [0.1, 0.15) is 18.1 Å². The predicted octanol–water partition coefficient (Wildman–Crippen LogP) is 5.19. The summed E-state index contributed by atoms with van der Waals surface area (Å²) >= 11 is 1.46. The Morgan fingerprint density at radius 3 is 2.60 bits per heavy atom. The van der Waals surface area contributed by atoms with E-state index in [1.807, 2.05) is 94.6 Å². The van der Waals surface area contributed by atoms with Crippen molar-refractivity contribution < 1.29 is 9.59 Å². The van der Waals surface area contributed by atoms with Gasteiger partial charge in [-0.3, -0.25) is 14.5 Å². The first-order valence-electron chi connectivity index (χ1n) is 11.7. The van der Waals surface area contributed by atoms with Gasteiger partial charge in [-0.1, -0.05) is 42.5 Å². The summed E-state index contributed by atoms with van der Waals surface area (Å²) in [6.07, 6.45) is 0.762. The average molecular weight is 490 g/mol. The van der Waals surface area contributed by atoms with E-state index < -0.39 is 11.6 Å². The van der Waals surface area contributed by atoms with Gasteiger partial charge in [0.25, 0.3) is 0 Å². The quantitative estimate of drug-likeness (QED) is 0.369. The van der Waals surface area contributed by atoms with Crippen LogP contribution < -0.4 is 10.2 Å². The first-order chi connectivity index (χ1) is 16.7. The van der Waals surface area contributed by atoms with Crippen LogP contribution in [0.25, 0.3) is 11.0 Å². The van der Waals surface area contributed by atoms with E-state index in [0.717, 1.165) is 33.5 Å². The fourth-order valence-corrected chi connectivity index (χ4v) is 4.76. The van der Waals surface area contributed by atoms with Crippen molar-refractivity contribution in [1.82, 2.24) is 20.3 Å². The Labute approximate surface area is 209 Å². The van der Waals surface area contributed by atoms with Crippen molar-refractivity contribution in [3.8, 4) is 0 Å². The van der Waals surface area contributed by atoms with Gasteiger partial charge >= 0.3 is 0 Å². The molecule has 4 rings (SSSR count). The molecule has 0 spiro atoms. The van der Waals surface area contributed by atoms with Crippen LogP contribution in [0, 0.1) is 13.8 Å². The number of amides is 2. The number of anilines is 1. The topological polar surface area (TPSA) is 80.1 Å². The van der Waals surface area contributed by atoms with E-state index in [0.29, 0.717) is 5.69 Å². The van der Waals surface area contributed by atoms with E-state index in [1.165, 1.54) is 11.3 Å². The summed E-state index contributed by atoms with van der Waals surface area (Å²) in [5.41, 5.74) is 3.71. The van der Waals surface area contributed by atoms with Gasteiger partial charge in [0.15, 0.2) is 0 Å². The molecule has 4 aromatic rings. The van der Waals surface area contributed by atoms with Crippen molar-refractivity contribution in [1.29, 1.82) is 0 Å². The van der Waals surface area contributed by atoms with E-state index in [-0.39, 0.29) is 18.4 Å². The molecule has 35 heavy (non-hydrogen) atoms. The normalized spacial score (nSPS) is 12.5. The molecule has 0 aliphatic heterocycles. The zero-order chi connectivity index (χ0) is 25.2. The summed E-state index contributed by atoms with van der Waals surface area (Å²) in [7, 11) is 0. The molecular formula is C27H31N5O2S. The maximum absolute atomic E-state index is 14.1. The van der Waals surface area contributed by atoms with E-state index in [1.54, 1.807) is 9.58 Å². The molecule has 0 bridgehead atoms. The number of carbonyl (C=O) groups excluding carboxylic acids is 2. The van der Waals surface area contributed by atoms with Crippen LogP contribution in [0.2, 0.25) is 0 Å². The van der Waals surface area contributed by atoms with E-state index in [2.05, 4.69) is 15.6 Å². The van der Waals surface area contributed by atoms with Crippen molar-refractivity contribution in [2.75, 3.05) is 4.90 Å². The zero-order valence-corrected chi connectivity index (χ0v) is 21.6. The summed E-state index contributed by atoms with van der Waals surface area (Å²) in [5, 5.41) is 13.5. The molecule has 2 heterocycles. The van der Waals surface area contributed by atoms with E-state index in [4.69, 9.17) is 0 Å². The Hall–Kier alpha value is -3.52. The minimum absolute atomic E-state index is 0.0414. The summed E-state index contributed by atoms with van der Waals surface area (Å²) < 4.78 is 1.59. The van der Waals surface area contributed by atoms with Crippen molar-refractivity contribution in [3.05, 3.63) is 76.0 Å². The highest BCUT2D eigenvalue weighted by Gasteiger charge is 2.36. The number of rotatable bonds is 8. The summed E-state index contributed by atoms with van der Waals surface area (Å²) in [6, 6.07) is 16.5. The van der Waals surface area contributed by atoms with Gasteiger partial charge in [0, 0.05) is 16.1 Å². The maximum Gasteiger partial charge on any atom is 0.249 e. The van der Waals surface area contributed by atoms with Crippen LogP contribution in [0.1, 0.15) is 49.2 Å². The smallest absolute Gasteiger partial charge is 0.249 e. The van der Waals surface area contributed by atoms with Gasteiger partial charge in [0.05, 0.1) is 5.52 Å². The lowest BCUT2D eigenvalue weighted by Gasteiger charge is -2.34. The molecule has 0 aliphatic carbocycles. The van der Waals surface area contributed by atoms with Gasteiger partial charge in [0.2, 0.25) is 11.8 Å². The Balaban J connectivity index is 1.82. The second-order valence-electron chi connectivity index (χ2n) is 9.43. The molecule has 8 heteroatoms. The Morgan fingerprint density at radius 2 is 1.89 bits per heavy atom. The number of hydrogen-bond donors (Lipinski definition) is 1. The van der Waals surface area contributed by atoms with Gasteiger partial charge in [-0.05, 0) is 74.9 Å². The van der Waals surface area contributed by atoms with Crippen LogP contribution in [-0.4, -0.2) is 32.3 Å². The third-order valence-electron chi connectivity index (χ3n) is 6.26. The number of carbonyl (C=O) groups is 2. The third kappa shape index (κ3) is 5.27. The number of nitrogens with zero attached hydrogens (tertiary/aromatic N) is 4. The first-order valence-corrected chi connectivity index (χ1v) is 12.6. The van der Waals surface area contributed by atoms with Gasteiger partial charge in [-0.15, -0.1) is 16.4 Å². The van der Waals surface area contributed by atoms with Crippen LogP contribution in [-0.2, 0) is 16.1 Å². The number of para-hydroxylation sites is 1. The third-order valence-corrected chi connectivity index (χ3v) is 7.19. The minimum atomic E-state index is -0.816. The number of nitrogens with one attached hydrogen (secondary N) is 1. The van der Waals surface area contributed by atoms with Gasteiger partial charge < -0.3 is 5.32 Å². The Morgan fingerprint density at radius 1 is 1.11 bits per heavy atom. The van der Waals surface area contributed by atoms with Crippen molar-refractivity contribution in [2.24, 2.45) is 0 Å². The number of aromatic nitrogens is 3. The number of thiophene rings is 1. The Bertz CT molecular complexity index is 1340. The number of fused-ring (bicyclic) bond motifs is 1. The lowest BCUT2D eigenvalue weighted by molar-refractivity contribution is -0.128. The molecule has 0 radical (unpaired) electrons. The lowest BCUT2D eigenvalue weighted by Crippen LogP contribution is -2.51. The molecule has 0 saturated carbocycles. The number of benzene rings is 2. The van der Waals surface area contributed by atoms with Crippen LogP contribution >= 0.6 is 11.3 Å². The average Bonchev–Trinajstić information content (AvgIpc) is 3.49. The van der Waals surface area contributed by atoms with Gasteiger partial charge in [-0.2, -0.15) is 0 Å². The fourth-order valence-electron chi connectivity index (χ4n) is 3.95. The highest BCUT2D eigenvalue weighted by molar-refractivity contribution is 7.10. The lowest BCUT2D eigenvalue weighted by atomic mass is 10.00. The van der Waals surface area contributed by atoms with Gasteiger partial charge in [-0.25, -0.2) is 4.68 Å². The fraction of sp³-hybridized carbons (Fsp3) is 0.333. The molecule has 1 atom stereocenters. The molecule has 2 amide bonds. The van der Waals surface area contributed by atoms with Crippen LogP contribution in [0.3, 0.4) is 0 Å². The summed E-state index contributed by atoms with van der Waals surface area (Å²) in [6.45, 7) is 9.91. The molecule has 182 valence electrons. The molecule has 2 aromatic carbocycles. The second kappa shape index (κ2) is 10.00. The van der Waals surface area contributed by atoms with Crippen LogP contribution in [0.4, 0.5) is 5.69 Å². The number of aryl methyl sites for hydroxylation is 2. The first kappa shape index (κ1) is 24.6. The second-order valence-corrected chi connectivity index (χ2v) is 10.4. The molecule has 0 fully saturated rings. The zero-order valence-electron chi connectivity index (χ0n) is 20.8. The highest BCUT2D eigenvalue weighted by atomic mass is 32.1. The van der Waals surface area contributed by atoms with Crippen LogP contribution in [0.5, 0.6) is 0 Å². The molecule has 7 nitrogen and oxygen atoms in total. The SMILES string of the molecule is CCC(C)(C)NC(=O)C(c1cccs1)N(C(=O)Cn1nnc2ccccc21)c1cc(C)ccc1C. The van der Waals surface area contributed by atoms with Crippen molar-refractivity contribution in [2.45, 2.75) is 59.2 Å². The summed E-state index contributed by atoms with van der Waals surface area (Å²) in [4.78, 5) is 30.3. The molecule has 0 saturated heterocycles. The highest BCUT2D eigenvalue weighted by Crippen LogP contribution is 2.34. The standard InChI is InChI=1S/C27H31N5O2S/c1-6-27(4,5)28-26(34)25(23-12-9-15-35-23)32(22-16-18(2)13-14-19(22)3)24(33)17-31-21-11-8-7-10-20(21)29-30-31/h7-16,25H,6,17H2,1-5H3,(H,28,34). The van der Waals surface area contributed by atoms with Crippen molar-refractivity contribution in [3.63, 3.8) is 0 Å². The summed E-state index contributed by atoms with van der Waals surface area (Å²) in [5.74, 6) is -0.450. The maximum atomic E-state index is 14.1. The van der Waals surface area contributed by atoms with Crippen molar-refractivity contribution >= 4 is 39.9 Å². The monoisotopic (exact) mass is 489 g/mol. The number of hydrogen-bond acceptors (Lipinski definition) is 5. The van der Waals surface area contributed by atoms with E-state index in [9.17, 15) is 9.59 Å². The predicted molar refractivity (Wildman–Crippen MR) is 141 cm³/mol. The molecule has 0 aliphatic rings. The van der Waals surface area contributed by atoms with E-state index >= 15 is 0 Å².